The Hall–Kier alpha value is -3.51. The van der Waals surface area contributed by atoms with Crippen LogP contribution in [0.25, 0.3) is 17.4 Å². The number of hydrogen-bond acceptors (Lipinski definition) is 4. The van der Waals surface area contributed by atoms with E-state index in [-0.39, 0.29) is 11.3 Å². The Balaban J connectivity index is 1.68. The summed E-state index contributed by atoms with van der Waals surface area (Å²) in [7, 11) is 0. The van der Waals surface area contributed by atoms with Crippen molar-refractivity contribution in [3.8, 4) is 17.1 Å². The Morgan fingerprint density at radius 1 is 1.07 bits per heavy atom. The van der Waals surface area contributed by atoms with Crippen LogP contribution in [0.1, 0.15) is 16.1 Å². The van der Waals surface area contributed by atoms with Crippen LogP contribution in [0.4, 0.5) is 5.69 Å². The molecule has 7 heteroatoms. The molecule has 0 aliphatic rings. The Labute approximate surface area is 159 Å². The number of rotatable bonds is 5. The highest BCUT2D eigenvalue weighted by Crippen LogP contribution is 2.29. The number of phenols is 1. The van der Waals surface area contributed by atoms with E-state index in [0.29, 0.717) is 16.5 Å². The van der Waals surface area contributed by atoms with Crippen molar-refractivity contribution >= 4 is 35.2 Å². The number of benzene rings is 2. The highest BCUT2D eigenvalue weighted by molar-refractivity contribution is 6.33. The summed E-state index contributed by atoms with van der Waals surface area (Å²) in [6, 6.07) is 14.5. The SMILES string of the molecule is O=C(/C=C/c1ccc(-c2ccccc2Cl)o1)Nc1ccc(C(=O)O)c(O)c1. The van der Waals surface area contributed by atoms with Crippen LogP contribution in [0.2, 0.25) is 5.02 Å². The van der Waals surface area contributed by atoms with Crippen LogP contribution in [0.5, 0.6) is 5.75 Å². The van der Waals surface area contributed by atoms with Gasteiger partial charge in [0.1, 0.15) is 22.8 Å². The molecule has 2 aromatic carbocycles. The molecular weight excluding hydrogens is 370 g/mol. The first-order valence-corrected chi connectivity index (χ1v) is 8.22. The first-order valence-electron chi connectivity index (χ1n) is 7.84. The van der Waals surface area contributed by atoms with Crippen molar-refractivity contribution in [2.24, 2.45) is 0 Å². The summed E-state index contributed by atoms with van der Waals surface area (Å²) in [6.45, 7) is 0. The van der Waals surface area contributed by atoms with E-state index in [4.69, 9.17) is 21.1 Å². The van der Waals surface area contributed by atoms with E-state index in [0.717, 1.165) is 11.6 Å². The van der Waals surface area contributed by atoms with Gasteiger partial charge in [-0.2, -0.15) is 0 Å². The summed E-state index contributed by atoms with van der Waals surface area (Å²) < 4.78 is 5.66. The van der Waals surface area contributed by atoms with E-state index < -0.39 is 17.6 Å². The zero-order chi connectivity index (χ0) is 19.4. The Bertz CT molecular complexity index is 1040. The standard InChI is InChI=1S/C20H14ClNO5/c21-16-4-2-1-3-14(16)18-9-6-13(27-18)7-10-19(24)22-12-5-8-15(20(25)26)17(23)11-12/h1-11,23H,(H,22,24)(H,25,26)/b10-7+. The molecule has 27 heavy (non-hydrogen) atoms. The van der Waals surface area contributed by atoms with Gasteiger partial charge < -0.3 is 19.9 Å². The molecule has 6 nitrogen and oxygen atoms in total. The maximum Gasteiger partial charge on any atom is 0.339 e. The largest absolute Gasteiger partial charge is 0.507 e. The molecule has 0 saturated carbocycles. The first kappa shape index (κ1) is 18.3. The summed E-state index contributed by atoms with van der Waals surface area (Å²) in [5, 5.41) is 21.6. The molecule has 1 amide bonds. The predicted molar refractivity (Wildman–Crippen MR) is 102 cm³/mol. The molecule has 0 spiro atoms. The van der Waals surface area contributed by atoms with Gasteiger partial charge in [-0.1, -0.05) is 23.7 Å². The van der Waals surface area contributed by atoms with E-state index in [1.54, 1.807) is 18.2 Å². The smallest absolute Gasteiger partial charge is 0.339 e. The van der Waals surface area contributed by atoms with Crippen LogP contribution in [-0.4, -0.2) is 22.1 Å². The third-order valence-electron chi connectivity index (χ3n) is 3.66. The van der Waals surface area contributed by atoms with Crippen molar-refractivity contribution in [1.82, 2.24) is 0 Å². The molecular formula is C20H14ClNO5. The summed E-state index contributed by atoms with van der Waals surface area (Å²) in [5.41, 5.74) is 0.770. The van der Waals surface area contributed by atoms with Crippen LogP contribution in [0.3, 0.4) is 0 Å². The lowest BCUT2D eigenvalue weighted by atomic mass is 10.2. The molecule has 136 valence electrons. The van der Waals surface area contributed by atoms with Crippen molar-refractivity contribution in [2.75, 3.05) is 5.32 Å². The molecule has 0 aliphatic heterocycles. The summed E-state index contributed by atoms with van der Waals surface area (Å²) in [5.74, 6) is -1.11. The monoisotopic (exact) mass is 383 g/mol. The number of amides is 1. The normalized spacial score (nSPS) is 10.9. The van der Waals surface area contributed by atoms with Gasteiger partial charge in [-0.15, -0.1) is 0 Å². The van der Waals surface area contributed by atoms with Gasteiger partial charge in [-0.25, -0.2) is 4.79 Å². The fourth-order valence-electron chi connectivity index (χ4n) is 2.38. The van der Waals surface area contributed by atoms with Crippen molar-refractivity contribution in [3.05, 3.63) is 77.0 Å². The molecule has 3 rings (SSSR count). The molecule has 0 saturated heterocycles. The highest BCUT2D eigenvalue weighted by Gasteiger charge is 2.10. The number of furan rings is 1. The van der Waals surface area contributed by atoms with Gasteiger partial charge in [-0.3, -0.25) is 4.79 Å². The van der Waals surface area contributed by atoms with Crippen LogP contribution < -0.4 is 5.32 Å². The molecule has 0 unspecified atom stereocenters. The van der Waals surface area contributed by atoms with Gasteiger partial charge in [0.05, 0.1) is 5.02 Å². The number of carboxylic acids is 1. The second kappa shape index (κ2) is 7.80. The number of halogens is 1. The third-order valence-corrected chi connectivity index (χ3v) is 3.99. The van der Waals surface area contributed by atoms with Gasteiger partial charge in [-0.05, 0) is 42.5 Å². The Kier molecular flexibility index (Phi) is 5.28. The molecule has 0 fully saturated rings. The minimum atomic E-state index is -1.25. The lowest BCUT2D eigenvalue weighted by Gasteiger charge is -2.04. The second-order valence-corrected chi connectivity index (χ2v) is 5.95. The molecule has 0 aliphatic carbocycles. The summed E-state index contributed by atoms with van der Waals surface area (Å²) in [4.78, 5) is 22.9. The average molecular weight is 384 g/mol. The van der Waals surface area contributed by atoms with Gasteiger partial charge in [0.25, 0.3) is 0 Å². The number of aromatic carboxylic acids is 1. The highest BCUT2D eigenvalue weighted by atomic mass is 35.5. The number of anilines is 1. The Morgan fingerprint density at radius 3 is 2.56 bits per heavy atom. The van der Waals surface area contributed by atoms with Gasteiger partial charge in [0, 0.05) is 23.4 Å². The maximum atomic E-state index is 12.0. The van der Waals surface area contributed by atoms with E-state index >= 15 is 0 Å². The van der Waals surface area contributed by atoms with Crippen molar-refractivity contribution in [1.29, 1.82) is 0 Å². The maximum absolute atomic E-state index is 12.0. The zero-order valence-corrected chi connectivity index (χ0v) is 14.6. The molecule has 3 N–H and O–H groups in total. The molecule has 0 bridgehead atoms. The topological polar surface area (TPSA) is 99.8 Å². The predicted octanol–water partition coefficient (Wildman–Crippen LogP) is 4.66. The van der Waals surface area contributed by atoms with Crippen LogP contribution in [0, 0.1) is 0 Å². The molecule has 1 heterocycles. The van der Waals surface area contributed by atoms with Crippen molar-refractivity contribution in [2.45, 2.75) is 0 Å². The number of carbonyl (C=O) groups excluding carboxylic acids is 1. The van der Waals surface area contributed by atoms with E-state index in [1.807, 2.05) is 18.2 Å². The van der Waals surface area contributed by atoms with Gasteiger partial charge >= 0.3 is 5.97 Å². The lowest BCUT2D eigenvalue weighted by molar-refractivity contribution is -0.111. The molecule has 3 aromatic rings. The lowest BCUT2D eigenvalue weighted by Crippen LogP contribution is -2.08. The van der Waals surface area contributed by atoms with Crippen molar-refractivity contribution in [3.63, 3.8) is 0 Å². The fourth-order valence-corrected chi connectivity index (χ4v) is 2.61. The molecule has 0 atom stereocenters. The average Bonchev–Trinajstić information content (AvgIpc) is 3.09. The van der Waals surface area contributed by atoms with Crippen LogP contribution in [-0.2, 0) is 4.79 Å². The fraction of sp³-hybridized carbons (Fsp3) is 0. The zero-order valence-electron chi connectivity index (χ0n) is 13.8. The first-order chi connectivity index (χ1) is 12.9. The minimum absolute atomic E-state index is 0.244. The van der Waals surface area contributed by atoms with E-state index in [9.17, 15) is 14.7 Å². The summed E-state index contributed by atoms with van der Waals surface area (Å²) in [6.07, 6.45) is 2.75. The van der Waals surface area contributed by atoms with Gasteiger partial charge in [0.2, 0.25) is 5.91 Å². The summed E-state index contributed by atoms with van der Waals surface area (Å²) >= 11 is 6.13. The number of nitrogens with one attached hydrogen (secondary N) is 1. The minimum Gasteiger partial charge on any atom is -0.507 e. The van der Waals surface area contributed by atoms with Gasteiger partial charge in [0.15, 0.2) is 0 Å². The third kappa shape index (κ3) is 4.37. The van der Waals surface area contributed by atoms with E-state index in [1.165, 1.54) is 24.3 Å². The van der Waals surface area contributed by atoms with Crippen LogP contribution >= 0.6 is 11.6 Å². The van der Waals surface area contributed by atoms with E-state index in [2.05, 4.69) is 5.32 Å². The number of carbonyl (C=O) groups is 2. The molecule has 0 radical (unpaired) electrons. The second-order valence-electron chi connectivity index (χ2n) is 5.54. The number of aromatic hydroxyl groups is 1. The Morgan fingerprint density at radius 2 is 1.85 bits per heavy atom. The van der Waals surface area contributed by atoms with Crippen LogP contribution in [0.15, 0.2) is 65.1 Å². The molecule has 1 aromatic heterocycles. The quantitative estimate of drug-likeness (QED) is 0.556. The van der Waals surface area contributed by atoms with Crippen molar-refractivity contribution < 1.29 is 24.2 Å². The number of hydrogen-bond donors (Lipinski definition) is 3. The number of carboxylic acid groups (broad SMARTS) is 1.